The number of nitrogens with one attached hydrogen (secondary N) is 2. The highest BCUT2D eigenvalue weighted by molar-refractivity contribution is 6.30. The molecule has 0 unspecified atom stereocenters. The Bertz CT molecular complexity index is 660. The van der Waals surface area contributed by atoms with Crippen molar-refractivity contribution in [3.05, 3.63) is 53.4 Å². The highest BCUT2D eigenvalue weighted by Gasteiger charge is 2.03. The summed E-state index contributed by atoms with van der Waals surface area (Å²) in [5.74, 6) is 0.830. The number of hydrogen-bond donors (Lipinski definition) is 2. The van der Waals surface area contributed by atoms with E-state index in [4.69, 9.17) is 11.6 Å². The molecule has 0 bridgehead atoms. The average Bonchev–Trinajstić information content (AvgIpc) is 2.87. The van der Waals surface area contributed by atoms with Crippen LogP contribution in [0.25, 0.3) is 11.0 Å². The highest BCUT2D eigenvalue weighted by atomic mass is 35.5. The molecule has 0 aliphatic rings. The molecule has 5 heteroatoms. The average molecular weight is 259 g/mol. The van der Waals surface area contributed by atoms with E-state index in [1.807, 2.05) is 36.5 Å². The summed E-state index contributed by atoms with van der Waals surface area (Å²) in [5.41, 5.74) is 1.99. The number of benzene rings is 1. The van der Waals surface area contributed by atoms with Gasteiger partial charge in [0.1, 0.15) is 17.8 Å². The fourth-order valence-corrected chi connectivity index (χ4v) is 1.93. The Hall–Kier alpha value is -2.07. The molecule has 90 valence electrons. The van der Waals surface area contributed by atoms with Crippen molar-refractivity contribution >= 4 is 28.5 Å². The minimum atomic E-state index is 0.703. The third kappa shape index (κ3) is 2.15. The van der Waals surface area contributed by atoms with Gasteiger partial charge in [-0.05, 0) is 23.8 Å². The Labute approximate surface area is 109 Å². The van der Waals surface area contributed by atoms with Crippen LogP contribution in [0.2, 0.25) is 5.02 Å². The molecule has 2 N–H and O–H groups in total. The van der Waals surface area contributed by atoms with E-state index >= 15 is 0 Å². The molecule has 0 radical (unpaired) electrons. The van der Waals surface area contributed by atoms with Gasteiger partial charge < -0.3 is 10.3 Å². The maximum Gasteiger partial charge on any atom is 0.142 e. The Morgan fingerprint density at radius 2 is 1.94 bits per heavy atom. The smallest absolute Gasteiger partial charge is 0.142 e. The molecular formula is C13H11ClN4. The number of fused-ring (bicyclic) bond motifs is 1. The second-order valence-electron chi connectivity index (χ2n) is 3.94. The van der Waals surface area contributed by atoms with Crippen LogP contribution in [0.1, 0.15) is 5.56 Å². The predicted molar refractivity (Wildman–Crippen MR) is 72.7 cm³/mol. The SMILES string of the molecule is Clc1ccc(CNc2ncnc3[nH]ccc23)cc1. The van der Waals surface area contributed by atoms with Gasteiger partial charge >= 0.3 is 0 Å². The van der Waals surface area contributed by atoms with Crippen LogP contribution in [-0.4, -0.2) is 15.0 Å². The summed E-state index contributed by atoms with van der Waals surface area (Å²) in [5, 5.41) is 5.03. The van der Waals surface area contributed by atoms with Crippen LogP contribution in [0.5, 0.6) is 0 Å². The van der Waals surface area contributed by atoms with Crippen molar-refractivity contribution in [1.29, 1.82) is 0 Å². The fourth-order valence-electron chi connectivity index (χ4n) is 1.80. The van der Waals surface area contributed by atoms with E-state index < -0.39 is 0 Å². The zero-order valence-electron chi connectivity index (χ0n) is 9.52. The number of nitrogens with zero attached hydrogens (tertiary/aromatic N) is 2. The maximum absolute atomic E-state index is 5.85. The lowest BCUT2D eigenvalue weighted by Gasteiger charge is -2.06. The second kappa shape index (κ2) is 4.66. The molecule has 4 nitrogen and oxygen atoms in total. The summed E-state index contributed by atoms with van der Waals surface area (Å²) in [6.45, 7) is 0.703. The van der Waals surface area contributed by atoms with Crippen molar-refractivity contribution in [1.82, 2.24) is 15.0 Å². The summed E-state index contributed by atoms with van der Waals surface area (Å²) in [6, 6.07) is 9.70. The Balaban J connectivity index is 1.80. The fraction of sp³-hybridized carbons (Fsp3) is 0.0769. The van der Waals surface area contributed by atoms with E-state index in [1.165, 1.54) is 0 Å². The van der Waals surface area contributed by atoms with Gasteiger partial charge in [-0.2, -0.15) is 0 Å². The first-order valence-electron chi connectivity index (χ1n) is 5.59. The van der Waals surface area contributed by atoms with Gasteiger partial charge in [0.25, 0.3) is 0 Å². The van der Waals surface area contributed by atoms with Crippen molar-refractivity contribution in [2.45, 2.75) is 6.54 Å². The molecule has 2 aromatic heterocycles. The third-order valence-corrected chi connectivity index (χ3v) is 2.98. The van der Waals surface area contributed by atoms with Gasteiger partial charge in [0.2, 0.25) is 0 Å². The number of halogens is 1. The summed E-state index contributed by atoms with van der Waals surface area (Å²) >= 11 is 5.85. The van der Waals surface area contributed by atoms with Gasteiger partial charge in [-0.15, -0.1) is 0 Å². The van der Waals surface area contributed by atoms with E-state index in [0.29, 0.717) is 6.54 Å². The first kappa shape index (κ1) is 11.0. The molecule has 3 rings (SSSR count). The molecule has 2 heterocycles. The third-order valence-electron chi connectivity index (χ3n) is 2.73. The number of aromatic nitrogens is 3. The van der Waals surface area contributed by atoms with Crippen LogP contribution in [0.15, 0.2) is 42.9 Å². The zero-order chi connectivity index (χ0) is 12.4. The van der Waals surface area contributed by atoms with E-state index in [1.54, 1.807) is 6.33 Å². The summed E-state index contributed by atoms with van der Waals surface area (Å²) in [4.78, 5) is 11.4. The maximum atomic E-state index is 5.85. The lowest BCUT2D eigenvalue weighted by atomic mass is 10.2. The van der Waals surface area contributed by atoms with Gasteiger partial charge in [-0.3, -0.25) is 0 Å². The topological polar surface area (TPSA) is 53.6 Å². The molecule has 0 atom stereocenters. The molecule has 0 aliphatic heterocycles. The molecule has 0 spiro atoms. The van der Waals surface area contributed by atoms with Gasteiger partial charge in [-0.1, -0.05) is 23.7 Å². The van der Waals surface area contributed by atoms with E-state index in [9.17, 15) is 0 Å². The molecule has 18 heavy (non-hydrogen) atoms. The molecule has 0 amide bonds. The van der Waals surface area contributed by atoms with Crippen LogP contribution in [0, 0.1) is 0 Å². The Kier molecular flexibility index (Phi) is 2.86. The molecule has 0 saturated heterocycles. The zero-order valence-corrected chi connectivity index (χ0v) is 10.3. The molecule has 0 aliphatic carbocycles. The summed E-state index contributed by atoms with van der Waals surface area (Å²) < 4.78 is 0. The van der Waals surface area contributed by atoms with Crippen molar-refractivity contribution in [3.8, 4) is 0 Å². The van der Waals surface area contributed by atoms with E-state index in [0.717, 1.165) is 27.4 Å². The molecule has 1 aromatic carbocycles. The van der Waals surface area contributed by atoms with E-state index in [-0.39, 0.29) is 0 Å². The Morgan fingerprint density at radius 1 is 1.11 bits per heavy atom. The standard InChI is InChI=1S/C13H11ClN4/c14-10-3-1-9(2-4-10)7-16-13-11-5-6-15-12(11)17-8-18-13/h1-6,8H,7H2,(H2,15,16,17,18). The minimum absolute atomic E-state index is 0.703. The van der Waals surface area contributed by atoms with Crippen molar-refractivity contribution < 1.29 is 0 Å². The number of hydrogen-bond acceptors (Lipinski definition) is 3. The van der Waals surface area contributed by atoms with Gasteiger partial charge in [0, 0.05) is 17.8 Å². The number of rotatable bonds is 3. The predicted octanol–water partition coefficient (Wildman–Crippen LogP) is 3.22. The van der Waals surface area contributed by atoms with Crippen LogP contribution < -0.4 is 5.32 Å². The number of aromatic amines is 1. The van der Waals surface area contributed by atoms with Crippen LogP contribution >= 0.6 is 11.6 Å². The minimum Gasteiger partial charge on any atom is -0.365 e. The molecule has 3 aromatic rings. The van der Waals surface area contributed by atoms with E-state index in [2.05, 4.69) is 20.3 Å². The molecule has 0 saturated carbocycles. The molecule has 0 fully saturated rings. The Morgan fingerprint density at radius 3 is 2.78 bits per heavy atom. The monoisotopic (exact) mass is 258 g/mol. The number of H-pyrrole nitrogens is 1. The normalized spacial score (nSPS) is 10.7. The van der Waals surface area contributed by atoms with Crippen LogP contribution in [0.3, 0.4) is 0 Å². The van der Waals surface area contributed by atoms with Gasteiger partial charge in [-0.25, -0.2) is 9.97 Å². The number of anilines is 1. The lowest BCUT2D eigenvalue weighted by Crippen LogP contribution is -2.01. The quantitative estimate of drug-likeness (QED) is 0.758. The molecular weight excluding hydrogens is 248 g/mol. The summed E-state index contributed by atoms with van der Waals surface area (Å²) in [6.07, 6.45) is 3.40. The highest BCUT2D eigenvalue weighted by Crippen LogP contribution is 2.18. The van der Waals surface area contributed by atoms with Gasteiger partial charge in [0.05, 0.1) is 5.39 Å². The summed E-state index contributed by atoms with van der Waals surface area (Å²) in [7, 11) is 0. The lowest BCUT2D eigenvalue weighted by molar-refractivity contribution is 1.10. The largest absolute Gasteiger partial charge is 0.365 e. The van der Waals surface area contributed by atoms with Crippen molar-refractivity contribution in [3.63, 3.8) is 0 Å². The first-order chi connectivity index (χ1) is 8.83. The van der Waals surface area contributed by atoms with Crippen LogP contribution in [0.4, 0.5) is 5.82 Å². The second-order valence-corrected chi connectivity index (χ2v) is 4.38. The van der Waals surface area contributed by atoms with Crippen molar-refractivity contribution in [2.75, 3.05) is 5.32 Å². The van der Waals surface area contributed by atoms with Gasteiger partial charge in [0.15, 0.2) is 0 Å². The van der Waals surface area contributed by atoms with Crippen LogP contribution in [-0.2, 0) is 6.54 Å². The van der Waals surface area contributed by atoms with Crippen molar-refractivity contribution in [2.24, 2.45) is 0 Å². The first-order valence-corrected chi connectivity index (χ1v) is 5.97.